The number of nitrogens with one attached hydrogen (secondary N) is 1. The molecule has 0 unspecified atom stereocenters. The van der Waals surface area contributed by atoms with Gasteiger partial charge in [-0.3, -0.25) is 4.79 Å². The van der Waals surface area contributed by atoms with E-state index < -0.39 is 0 Å². The number of hydrogen-bond acceptors (Lipinski definition) is 4. The largest absolute Gasteiger partial charge is 0.496 e. The first-order valence-corrected chi connectivity index (χ1v) is 5.12. The molecule has 1 atom stereocenters. The highest BCUT2D eigenvalue weighted by molar-refractivity contribution is 5.71. The van der Waals surface area contributed by atoms with Gasteiger partial charge in [-0.15, -0.1) is 0 Å². The van der Waals surface area contributed by atoms with Gasteiger partial charge in [-0.1, -0.05) is 18.2 Å². The molecule has 0 spiro atoms. The van der Waals surface area contributed by atoms with Crippen molar-refractivity contribution in [3.8, 4) is 5.75 Å². The molecule has 0 aliphatic carbocycles. The average molecular weight is 223 g/mol. The standard InChI is InChI=1S/C12H17NO3/c1-9(13-8-12(14)16-3)10-6-4-5-7-11(10)15-2/h4-7,9,13H,8H2,1-3H3/t9-/m0/s1. The lowest BCUT2D eigenvalue weighted by atomic mass is 10.1. The molecule has 16 heavy (non-hydrogen) atoms. The van der Waals surface area contributed by atoms with Crippen LogP contribution >= 0.6 is 0 Å². The van der Waals surface area contributed by atoms with E-state index in [1.54, 1.807) is 7.11 Å². The van der Waals surface area contributed by atoms with Gasteiger partial charge < -0.3 is 14.8 Å². The number of rotatable bonds is 5. The van der Waals surface area contributed by atoms with E-state index >= 15 is 0 Å². The second kappa shape index (κ2) is 6.12. The van der Waals surface area contributed by atoms with Crippen LogP contribution in [0.15, 0.2) is 24.3 Å². The van der Waals surface area contributed by atoms with Crippen LogP contribution in [0.4, 0.5) is 0 Å². The first kappa shape index (κ1) is 12.5. The molecule has 0 saturated carbocycles. The molecule has 0 aromatic heterocycles. The highest BCUT2D eigenvalue weighted by atomic mass is 16.5. The van der Waals surface area contributed by atoms with Crippen LogP contribution in [0.2, 0.25) is 0 Å². The van der Waals surface area contributed by atoms with E-state index in [1.807, 2.05) is 31.2 Å². The summed E-state index contributed by atoms with van der Waals surface area (Å²) in [6, 6.07) is 7.75. The van der Waals surface area contributed by atoms with Crippen LogP contribution in [0.3, 0.4) is 0 Å². The van der Waals surface area contributed by atoms with Crippen LogP contribution in [-0.2, 0) is 9.53 Å². The Hall–Kier alpha value is -1.55. The second-order valence-corrected chi connectivity index (χ2v) is 3.42. The number of benzene rings is 1. The van der Waals surface area contributed by atoms with Crippen molar-refractivity contribution in [3.63, 3.8) is 0 Å². The maximum absolute atomic E-state index is 11.0. The molecule has 0 heterocycles. The fourth-order valence-corrected chi connectivity index (χ4v) is 1.44. The van der Waals surface area contributed by atoms with E-state index in [2.05, 4.69) is 10.1 Å². The number of para-hydroxylation sites is 1. The fraction of sp³-hybridized carbons (Fsp3) is 0.417. The van der Waals surface area contributed by atoms with Gasteiger partial charge in [0.15, 0.2) is 0 Å². The Kier molecular flexibility index (Phi) is 4.79. The van der Waals surface area contributed by atoms with E-state index in [4.69, 9.17) is 4.74 Å². The van der Waals surface area contributed by atoms with Crippen LogP contribution in [-0.4, -0.2) is 26.7 Å². The quantitative estimate of drug-likeness (QED) is 0.769. The zero-order chi connectivity index (χ0) is 12.0. The van der Waals surface area contributed by atoms with Crippen LogP contribution in [0.5, 0.6) is 5.75 Å². The van der Waals surface area contributed by atoms with Crippen molar-refractivity contribution in [1.82, 2.24) is 5.32 Å². The number of ether oxygens (including phenoxy) is 2. The first-order chi connectivity index (χ1) is 7.69. The molecule has 1 aromatic carbocycles. The molecule has 0 aliphatic heterocycles. The van der Waals surface area contributed by atoms with Gasteiger partial charge in [-0.05, 0) is 13.0 Å². The Morgan fingerprint density at radius 3 is 2.69 bits per heavy atom. The molecule has 0 fully saturated rings. The molecule has 4 nitrogen and oxygen atoms in total. The van der Waals surface area contributed by atoms with Crippen molar-refractivity contribution in [3.05, 3.63) is 29.8 Å². The summed E-state index contributed by atoms with van der Waals surface area (Å²) in [4.78, 5) is 11.0. The maximum Gasteiger partial charge on any atom is 0.319 e. The molecular weight excluding hydrogens is 206 g/mol. The van der Waals surface area contributed by atoms with Gasteiger partial charge in [0.25, 0.3) is 0 Å². The summed E-state index contributed by atoms with van der Waals surface area (Å²) in [6.45, 7) is 2.16. The van der Waals surface area contributed by atoms with Crippen LogP contribution in [0.25, 0.3) is 0 Å². The molecule has 0 aliphatic rings. The molecule has 0 amide bonds. The maximum atomic E-state index is 11.0. The third-order valence-electron chi connectivity index (χ3n) is 2.39. The van der Waals surface area contributed by atoms with Gasteiger partial charge in [-0.25, -0.2) is 0 Å². The minimum absolute atomic E-state index is 0.0373. The summed E-state index contributed by atoms with van der Waals surface area (Å²) >= 11 is 0. The van der Waals surface area contributed by atoms with Gasteiger partial charge >= 0.3 is 5.97 Å². The smallest absolute Gasteiger partial charge is 0.319 e. The van der Waals surface area contributed by atoms with Crippen molar-refractivity contribution in [2.75, 3.05) is 20.8 Å². The van der Waals surface area contributed by atoms with E-state index in [9.17, 15) is 4.79 Å². The summed E-state index contributed by atoms with van der Waals surface area (Å²) < 4.78 is 9.80. The molecule has 1 rings (SSSR count). The molecule has 4 heteroatoms. The third-order valence-corrected chi connectivity index (χ3v) is 2.39. The molecule has 1 N–H and O–H groups in total. The minimum atomic E-state index is -0.276. The Labute approximate surface area is 95.6 Å². The monoisotopic (exact) mass is 223 g/mol. The Bertz CT molecular complexity index is 352. The summed E-state index contributed by atoms with van der Waals surface area (Å²) in [5.74, 6) is 0.536. The van der Waals surface area contributed by atoms with E-state index in [0.717, 1.165) is 11.3 Å². The van der Waals surface area contributed by atoms with Crippen LogP contribution in [0.1, 0.15) is 18.5 Å². The Balaban J connectivity index is 2.65. The normalized spacial score (nSPS) is 11.9. The third kappa shape index (κ3) is 3.24. The van der Waals surface area contributed by atoms with Gasteiger partial charge in [0, 0.05) is 11.6 Å². The molecule has 0 saturated heterocycles. The summed E-state index contributed by atoms with van der Waals surface area (Å²) in [6.07, 6.45) is 0. The van der Waals surface area contributed by atoms with Crippen molar-refractivity contribution >= 4 is 5.97 Å². The number of carbonyl (C=O) groups excluding carboxylic acids is 1. The Morgan fingerprint density at radius 1 is 1.38 bits per heavy atom. The zero-order valence-electron chi connectivity index (χ0n) is 9.82. The minimum Gasteiger partial charge on any atom is -0.496 e. The molecule has 0 bridgehead atoms. The number of hydrogen-bond donors (Lipinski definition) is 1. The summed E-state index contributed by atoms with van der Waals surface area (Å²) in [5.41, 5.74) is 1.02. The highest BCUT2D eigenvalue weighted by Crippen LogP contribution is 2.23. The zero-order valence-corrected chi connectivity index (χ0v) is 9.82. The van der Waals surface area contributed by atoms with E-state index in [0.29, 0.717) is 0 Å². The SMILES string of the molecule is COC(=O)CN[C@@H](C)c1ccccc1OC. The van der Waals surface area contributed by atoms with E-state index in [-0.39, 0.29) is 18.6 Å². The van der Waals surface area contributed by atoms with Crippen LogP contribution < -0.4 is 10.1 Å². The van der Waals surface area contributed by atoms with Crippen LogP contribution in [0, 0.1) is 0 Å². The topological polar surface area (TPSA) is 47.6 Å². The van der Waals surface area contributed by atoms with Gasteiger partial charge in [0.2, 0.25) is 0 Å². The fourth-order valence-electron chi connectivity index (χ4n) is 1.44. The van der Waals surface area contributed by atoms with Crippen molar-refractivity contribution in [2.45, 2.75) is 13.0 Å². The van der Waals surface area contributed by atoms with Gasteiger partial charge in [0.05, 0.1) is 20.8 Å². The molecule has 0 radical (unpaired) electrons. The highest BCUT2D eigenvalue weighted by Gasteiger charge is 2.11. The number of methoxy groups -OCH3 is 2. The average Bonchev–Trinajstić information content (AvgIpc) is 2.35. The molecule has 1 aromatic rings. The van der Waals surface area contributed by atoms with Crippen molar-refractivity contribution < 1.29 is 14.3 Å². The predicted octanol–water partition coefficient (Wildman–Crippen LogP) is 1.52. The summed E-state index contributed by atoms with van der Waals surface area (Å²) in [7, 11) is 3.00. The van der Waals surface area contributed by atoms with Crippen molar-refractivity contribution in [2.24, 2.45) is 0 Å². The number of esters is 1. The molecular formula is C12H17NO3. The molecule has 88 valence electrons. The second-order valence-electron chi connectivity index (χ2n) is 3.42. The van der Waals surface area contributed by atoms with Gasteiger partial charge in [0.1, 0.15) is 5.75 Å². The van der Waals surface area contributed by atoms with Crippen molar-refractivity contribution in [1.29, 1.82) is 0 Å². The predicted molar refractivity (Wildman–Crippen MR) is 61.4 cm³/mol. The van der Waals surface area contributed by atoms with E-state index in [1.165, 1.54) is 7.11 Å². The lowest BCUT2D eigenvalue weighted by Gasteiger charge is -2.16. The Morgan fingerprint density at radius 2 is 2.06 bits per heavy atom. The lowest BCUT2D eigenvalue weighted by Crippen LogP contribution is -2.26. The number of carbonyl (C=O) groups is 1. The summed E-state index contributed by atoms with van der Waals surface area (Å²) in [5, 5.41) is 3.07. The lowest BCUT2D eigenvalue weighted by molar-refractivity contribution is -0.139. The first-order valence-electron chi connectivity index (χ1n) is 5.12. The van der Waals surface area contributed by atoms with Gasteiger partial charge in [-0.2, -0.15) is 0 Å².